The highest BCUT2D eigenvalue weighted by Crippen LogP contribution is 2.13. The SMILES string of the molecule is O=C(CCOCC(F)F)Nc1cccc(CCCCl)c1. The molecule has 1 aromatic carbocycles. The molecule has 0 unspecified atom stereocenters. The highest BCUT2D eigenvalue weighted by atomic mass is 35.5. The van der Waals surface area contributed by atoms with Crippen molar-refractivity contribution in [3.8, 4) is 0 Å². The lowest BCUT2D eigenvalue weighted by molar-refractivity contribution is -0.117. The Morgan fingerprint density at radius 3 is 2.90 bits per heavy atom. The zero-order chi connectivity index (χ0) is 14.8. The first-order valence-corrected chi connectivity index (χ1v) is 6.96. The third kappa shape index (κ3) is 7.40. The third-order valence-corrected chi connectivity index (χ3v) is 2.79. The van der Waals surface area contributed by atoms with E-state index in [9.17, 15) is 13.6 Å². The van der Waals surface area contributed by atoms with Gasteiger partial charge in [-0.1, -0.05) is 12.1 Å². The van der Waals surface area contributed by atoms with E-state index in [0.717, 1.165) is 18.4 Å². The molecular weight excluding hydrogens is 288 g/mol. The molecule has 112 valence electrons. The molecule has 3 nitrogen and oxygen atoms in total. The first-order valence-electron chi connectivity index (χ1n) is 6.42. The van der Waals surface area contributed by atoms with Crippen molar-refractivity contribution in [1.29, 1.82) is 0 Å². The van der Waals surface area contributed by atoms with E-state index in [1.54, 1.807) is 6.07 Å². The van der Waals surface area contributed by atoms with Crippen LogP contribution in [0.3, 0.4) is 0 Å². The second-order valence-electron chi connectivity index (χ2n) is 4.26. The number of hydrogen-bond acceptors (Lipinski definition) is 2. The molecule has 0 aliphatic carbocycles. The fraction of sp³-hybridized carbons (Fsp3) is 0.500. The summed E-state index contributed by atoms with van der Waals surface area (Å²) in [6.07, 6.45) is -0.722. The second kappa shape index (κ2) is 9.66. The van der Waals surface area contributed by atoms with Crippen LogP contribution >= 0.6 is 11.6 Å². The summed E-state index contributed by atoms with van der Waals surface area (Å²) in [6.45, 7) is -0.650. The quantitative estimate of drug-likeness (QED) is 0.560. The molecule has 0 radical (unpaired) electrons. The maximum atomic E-state index is 11.8. The van der Waals surface area contributed by atoms with Crippen molar-refractivity contribution in [3.63, 3.8) is 0 Å². The van der Waals surface area contributed by atoms with Gasteiger partial charge in [0.15, 0.2) is 0 Å². The molecule has 0 aliphatic rings. The fourth-order valence-corrected chi connectivity index (χ4v) is 1.77. The molecule has 6 heteroatoms. The Hall–Kier alpha value is -1.20. The standard InChI is InChI=1S/C14H18ClF2NO2/c15-7-2-4-11-3-1-5-12(9-11)18-14(19)6-8-20-10-13(16)17/h1,3,5,9,13H,2,4,6-8,10H2,(H,18,19). The summed E-state index contributed by atoms with van der Waals surface area (Å²) in [5.41, 5.74) is 1.79. The molecule has 0 saturated carbocycles. The van der Waals surface area contributed by atoms with E-state index in [0.29, 0.717) is 11.6 Å². The Labute approximate surface area is 122 Å². The van der Waals surface area contributed by atoms with Gasteiger partial charge in [-0.3, -0.25) is 4.79 Å². The van der Waals surface area contributed by atoms with Crippen LogP contribution in [0.5, 0.6) is 0 Å². The molecule has 0 aromatic heterocycles. The number of aryl methyl sites for hydroxylation is 1. The van der Waals surface area contributed by atoms with E-state index < -0.39 is 13.0 Å². The average Bonchev–Trinajstić information content (AvgIpc) is 2.41. The predicted molar refractivity (Wildman–Crippen MR) is 75.6 cm³/mol. The summed E-state index contributed by atoms with van der Waals surface area (Å²) < 4.78 is 28.3. The number of hydrogen-bond donors (Lipinski definition) is 1. The summed E-state index contributed by atoms with van der Waals surface area (Å²) in [5, 5.41) is 2.71. The van der Waals surface area contributed by atoms with Crippen LogP contribution in [-0.4, -0.2) is 31.4 Å². The Kier molecular flexibility index (Phi) is 8.14. The fourth-order valence-electron chi connectivity index (χ4n) is 1.64. The largest absolute Gasteiger partial charge is 0.375 e. The molecule has 20 heavy (non-hydrogen) atoms. The maximum Gasteiger partial charge on any atom is 0.261 e. The minimum absolute atomic E-state index is 0.0118. The van der Waals surface area contributed by atoms with Crippen molar-refractivity contribution in [2.75, 3.05) is 24.4 Å². The van der Waals surface area contributed by atoms with Crippen molar-refractivity contribution in [2.45, 2.75) is 25.7 Å². The van der Waals surface area contributed by atoms with E-state index >= 15 is 0 Å². The monoisotopic (exact) mass is 305 g/mol. The van der Waals surface area contributed by atoms with Crippen molar-refractivity contribution >= 4 is 23.2 Å². The lowest BCUT2D eigenvalue weighted by atomic mass is 10.1. The first kappa shape index (κ1) is 16.9. The molecule has 0 spiro atoms. The number of halogens is 3. The number of carbonyl (C=O) groups excluding carboxylic acids is 1. The number of carbonyl (C=O) groups is 1. The topological polar surface area (TPSA) is 38.3 Å². The van der Waals surface area contributed by atoms with Crippen LogP contribution in [0.15, 0.2) is 24.3 Å². The zero-order valence-corrected chi connectivity index (χ0v) is 11.8. The minimum atomic E-state index is -2.50. The number of anilines is 1. The van der Waals surface area contributed by atoms with E-state index in [1.165, 1.54) is 0 Å². The molecule has 1 amide bonds. The molecule has 1 aromatic rings. The summed E-state index contributed by atoms with van der Waals surface area (Å²) >= 11 is 5.63. The molecule has 0 bridgehead atoms. The second-order valence-corrected chi connectivity index (χ2v) is 4.64. The van der Waals surface area contributed by atoms with Gasteiger partial charge in [-0.2, -0.15) is 0 Å². The normalized spacial score (nSPS) is 10.8. The van der Waals surface area contributed by atoms with E-state index in [2.05, 4.69) is 10.1 Å². The first-order chi connectivity index (χ1) is 9.61. The Morgan fingerprint density at radius 1 is 1.40 bits per heavy atom. The van der Waals surface area contributed by atoms with Crippen LogP contribution in [0.2, 0.25) is 0 Å². The maximum absolute atomic E-state index is 11.8. The van der Waals surface area contributed by atoms with Gasteiger partial charge in [-0.15, -0.1) is 11.6 Å². The lowest BCUT2D eigenvalue weighted by Crippen LogP contribution is -2.15. The highest BCUT2D eigenvalue weighted by molar-refractivity contribution is 6.17. The van der Waals surface area contributed by atoms with Gasteiger partial charge in [0.1, 0.15) is 6.61 Å². The molecule has 0 aliphatic heterocycles. The lowest BCUT2D eigenvalue weighted by Gasteiger charge is -2.07. The molecule has 0 atom stereocenters. The molecular formula is C14H18ClF2NO2. The molecule has 0 heterocycles. The molecule has 1 rings (SSSR count). The molecule has 0 saturated heterocycles. The van der Waals surface area contributed by atoms with Crippen molar-refractivity contribution in [2.24, 2.45) is 0 Å². The Bertz CT molecular complexity index is 416. The highest BCUT2D eigenvalue weighted by Gasteiger charge is 2.05. The van der Waals surface area contributed by atoms with Gasteiger partial charge in [-0.05, 0) is 30.5 Å². The Morgan fingerprint density at radius 2 is 2.20 bits per heavy atom. The van der Waals surface area contributed by atoms with Crippen molar-refractivity contribution < 1.29 is 18.3 Å². The van der Waals surface area contributed by atoms with Crippen LogP contribution < -0.4 is 5.32 Å². The zero-order valence-electron chi connectivity index (χ0n) is 11.1. The van der Waals surface area contributed by atoms with Gasteiger partial charge in [0.2, 0.25) is 5.91 Å². The van der Waals surface area contributed by atoms with Gasteiger partial charge in [0.05, 0.1) is 13.0 Å². The number of nitrogens with one attached hydrogen (secondary N) is 1. The number of benzene rings is 1. The van der Waals surface area contributed by atoms with Crippen LogP contribution in [-0.2, 0) is 16.0 Å². The molecule has 0 fully saturated rings. The van der Waals surface area contributed by atoms with E-state index in [4.69, 9.17) is 11.6 Å². The number of ether oxygens (including phenoxy) is 1. The summed E-state index contributed by atoms with van der Waals surface area (Å²) in [6, 6.07) is 7.48. The van der Waals surface area contributed by atoms with Gasteiger partial charge in [-0.25, -0.2) is 8.78 Å². The van der Waals surface area contributed by atoms with Gasteiger partial charge in [0, 0.05) is 11.6 Å². The van der Waals surface area contributed by atoms with E-state index in [1.807, 2.05) is 18.2 Å². The molecule has 1 N–H and O–H groups in total. The Balaban J connectivity index is 2.33. The smallest absolute Gasteiger partial charge is 0.261 e. The number of rotatable bonds is 9. The third-order valence-electron chi connectivity index (χ3n) is 2.53. The van der Waals surface area contributed by atoms with E-state index in [-0.39, 0.29) is 18.9 Å². The number of alkyl halides is 3. The summed E-state index contributed by atoms with van der Waals surface area (Å²) in [7, 11) is 0. The average molecular weight is 306 g/mol. The number of amides is 1. The van der Waals surface area contributed by atoms with Crippen LogP contribution in [0.4, 0.5) is 14.5 Å². The van der Waals surface area contributed by atoms with Crippen LogP contribution in [0, 0.1) is 0 Å². The van der Waals surface area contributed by atoms with Crippen molar-refractivity contribution in [3.05, 3.63) is 29.8 Å². The predicted octanol–water partition coefficient (Wildman–Crippen LogP) is 3.47. The van der Waals surface area contributed by atoms with Crippen LogP contribution in [0.1, 0.15) is 18.4 Å². The van der Waals surface area contributed by atoms with Crippen molar-refractivity contribution in [1.82, 2.24) is 0 Å². The van der Waals surface area contributed by atoms with Gasteiger partial charge in [0.25, 0.3) is 6.43 Å². The summed E-state index contributed by atoms with van der Waals surface area (Å²) in [4.78, 5) is 11.6. The van der Waals surface area contributed by atoms with Gasteiger partial charge >= 0.3 is 0 Å². The van der Waals surface area contributed by atoms with Gasteiger partial charge < -0.3 is 10.1 Å². The minimum Gasteiger partial charge on any atom is -0.375 e. The summed E-state index contributed by atoms with van der Waals surface area (Å²) in [5.74, 6) is 0.340. The van der Waals surface area contributed by atoms with Crippen LogP contribution in [0.25, 0.3) is 0 Å².